The zero-order valence-corrected chi connectivity index (χ0v) is 10.7. The topological polar surface area (TPSA) is 50.1 Å². The largest absolute Gasteiger partial charge is 0.394 e. The van der Waals surface area contributed by atoms with E-state index in [1.165, 1.54) is 18.5 Å². The molecule has 0 amide bonds. The first-order valence-corrected chi connectivity index (χ1v) is 6.66. The van der Waals surface area contributed by atoms with Gasteiger partial charge in [0, 0.05) is 24.8 Å². The summed E-state index contributed by atoms with van der Waals surface area (Å²) in [6.45, 7) is 4.18. The van der Waals surface area contributed by atoms with E-state index in [0.29, 0.717) is 0 Å². The molecule has 1 aromatic rings. The van der Waals surface area contributed by atoms with E-state index in [0.717, 1.165) is 32.4 Å². The highest BCUT2D eigenvalue weighted by Gasteiger charge is 2.32. The fourth-order valence-electron chi connectivity index (χ4n) is 2.64. The predicted octanol–water partition coefficient (Wildman–Crippen LogP) is 1.69. The monoisotopic (exact) mass is 237 g/mol. The second-order valence-corrected chi connectivity index (χ2v) is 5.04. The molecule has 4 heteroatoms. The van der Waals surface area contributed by atoms with Crippen molar-refractivity contribution in [3.05, 3.63) is 18.0 Å². The molecule has 0 radical (unpaired) electrons. The van der Waals surface area contributed by atoms with Gasteiger partial charge in [0.2, 0.25) is 0 Å². The van der Waals surface area contributed by atoms with E-state index in [9.17, 15) is 5.11 Å². The van der Waals surface area contributed by atoms with E-state index in [2.05, 4.69) is 23.4 Å². The van der Waals surface area contributed by atoms with Crippen molar-refractivity contribution >= 4 is 0 Å². The Morgan fingerprint density at radius 1 is 1.47 bits per heavy atom. The number of hydrogen-bond donors (Lipinski definition) is 2. The van der Waals surface area contributed by atoms with Gasteiger partial charge < -0.3 is 10.4 Å². The van der Waals surface area contributed by atoms with Crippen molar-refractivity contribution in [1.82, 2.24) is 15.1 Å². The first-order valence-electron chi connectivity index (χ1n) is 6.66. The Labute approximate surface area is 103 Å². The van der Waals surface area contributed by atoms with Crippen LogP contribution in [0.5, 0.6) is 0 Å². The van der Waals surface area contributed by atoms with Crippen LogP contribution in [0.15, 0.2) is 12.3 Å². The van der Waals surface area contributed by atoms with Gasteiger partial charge in [-0.2, -0.15) is 5.10 Å². The summed E-state index contributed by atoms with van der Waals surface area (Å²) in [5.41, 5.74) is 1.17. The summed E-state index contributed by atoms with van der Waals surface area (Å²) >= 11 is 0. The zero-order chi connectivity index (χ0) is 12.1. The molecule has 1 aromatic heterocycles. The minimum absolute atomic E-state index is 0.0404. The summed E-state index contributed by atoms with van der Waals surface area (Å²) in [7, 11) is 0. The summed E-state index contributed by atoms with van der Waals surface area (Å²) in [4.78, 5) is 0. The summed E-state index contributed by atoms with van der Waals surface area (Å²) in [5, 5.41) is 17.4. The molecule has 0 spiro atoms. The molecule has 1 aliphatic carbocycles. The van der Waals surface area contributed by atoms with E-state index >= 15 is 0 Å². The highest BCUT2D eigenvalue weighted by molar-refractivity contribution is 5.02. The minimum Gasteiger partial charge on any atom is -0.394 e. The van der Waals surface area contributed by atoms with Gasteiger partial charge in [-0.1, -0.05) is 19.8 Å². The zero-order valence-electron chi connectivity index (χ0n) is 10.7. The molecule has 96 valence electrons. The third kappa shape index (κ3) is 2.87. The van der Waals surface area contributed by atoms with Crippen molar-refractivity contribution in [2.75, 3.05) is 6.61 Å². The molecule has 4 nitrogen and oxygen atoms in total. The molecule has 2 rings (SSSR count). The van der Waals surface area contributed by atoms with Crippen molar-refractivity contribution in [2.45, 2.75) is 57.7 Å². The van der Waals surface area contributed by atoms with E-state index in [-0.39, 0.29) is 12.1 Å². The maximum absolute atomic E-state index is 9.53. The number of rotatable bonds is 6. The predicted molar refractivity (Wildman–Crippen MR) is 67.6 cm³/mol. The van der Waals surface area contributed by atoms with Crippen LogP contribution in [0.3, 0.4) is 0 Å². The molecular weight excluding hydrogens is 214 g/mol. The van der Waals surface area contributed by atoms with Crippen LogP contribution < -0.4 is 5.32 Å². The lowest BCUT2D eigenvalue weighted by atomic mass is 9.99. The van der Waals surface area contributed by atoms with E-state index in [4.69, 9.17) is 0 Å². The van der Waals surface area contributed by atoms with Gasteiger partial charge >= 0.3 is 0 Å². The molecule has 2 N–H and O–H groups in total. The second kappa shape index (κ2) is 5.65. The summed E-state index contributed by atoms with van der Waals surface area (Å²) < 4.78 is 2.05. The normalized spacial score (nSPS) is 18.7. The van der Waals surface area contributed by atoms with Gasteiger partial charge in [-0.3, -0.25) is 4.68 Å². The fourth-order valence-corrected chi connectivity index (χ4v) is 2.64. The van der Waals surface area contributed by atoms with E-state index in [1.807, 2.05) is 10.9 Å². The Hall–Kier alpha value is -0.870. The first kappa shape index (κ1) is 12.6. The number of nitrogens with zero attached hydrogens (tertiary/aromatic N) is 2. The van der Waals surface area contributed by atoms with Crippen LogP contribution >= 0.6 is 0 Å². The van der Waals surface area contributed by atoms with E-state index in [1.54, 1.807) is 0 Å². The average molecular weight is 237 g/mol. The van der Waals surface area contributed by atoms with Crippen LogP contribution in [-0.4, -0.2) is 27.0 Å². The number of aryl methyl sites for hydroxylation is 1. The summed E-state index contributed by atoms with van der Waals surface area (Å²) in [6.07, 6.45) is 7.58. The Morgan fingerprint density at radius 3 is 2.88 bits per heavy atom. The van der Waals surface area contributed by atoms with Crippen LogP contribution in [0.2, 0.25) is 0 Å². The molecular formula is C13H23N3O. The molecule has 0 aliphatic heterocycles. The van der Waals surface area contributed by atoms with Crippen LogP contribution in [0.25, 0.3) is 0 Å². The number of hydrogen-bond acceptors (Lipinski definition) is 3. The average Bonchev–Trinajstić information content (AvgIpc) is 2.97. The Kier molecular flexibility index (Phi) is 4.18. The Bertz CT molecular complexity index is 342. The molecule has 0 saturated heterocycles. The highest BCUT2D eigenvalue weighted by atomic mass is 16.3. The van der Waals surface area contributed by atoms with Crippen LogP contribution in [0.4, 0.5) is 0 Å². The van der Waals surface area contributed by atoms with Gasteiger partial charge in [-0.05, 0) is 25.3 Å². The van der Waals surface area contributed by atoms with Crippen molar-refractivity contribution in [2.24, 2.45) is 0 Å². The standard InChI is InChI=1S/C13H23N3O/c1-2-9-16-12(5-8-15-16)10-14-13(11-17)6-3-4-7-13/h5,8,14,17H,2-4,6-7,9-11H2,1H3. The number of aliphatic hydroxyl groups excluding tert-OH is 1. The molecule has 1 aliphatic rings. The molecule has 1 saturated carbocycles. The highest BCUT2D eigenvalue weighted by Crippen LogP contribution is 2.29. The number of aromatic nitrogens is 2. The minimum atomic E-state index is -0.0404. The fraction of sp³-hybridized carbons (Fsp3) is 0.769. The molecule has 0 bridgehead atoms. The summed E-state index contributed by atoms with van der Waals surface area (Å²) in [6, 6.07) is 2.06. The quantitative estimate of drug-likeness (QED) is 0.791. The molecule has 0 aromatic carbocycles. The molecule has 0 unspecified atom stereocenters. The van der Waals surface area contributed by atoms with Gasteiger partial charge in [0.15, 0.2) is 0 Å². The van der Waals surface area contributed by atoms with Crippen molar-refractivity contribution < 1.29 is 5.11 Å². The lowest BCUT2D eigenvalue weighted by molar-refractivity contribution is 0.162. The van der Waals surface area contributed by atoms with Crippen molar-refractivity contribution in [1.29, 1.82) is 0 Å². The molecule has 17 heavy (non-hydrogen) atoms. The van der Waals surface area contributed by atoms with Crippen molar-refractivity contribution in [3.63, 3.8) is 0 Å². The third-order valence-electron chi connectivity index (χ3n) is 3.75. The van der Waals surface area contributed by atoms with Crippen molar-refractivity contribution in [3.8, 4) is 0 Å². The SMILES string of the molecule is CCCn1nccc1CNC1(CO)CCCC1. The maximum Gasteiger partial charge on any atom is 0.0613 e. The van der Waals surface area contributed by atoms with Crippen LogP contribution in [-0.2, 0) is 13.1 Å². The van der Waals surface area contributed by atoms with E-state index < -0.39 is 0 Å². The first-order chi connectivity index (χ1) is 8.29. The van der Waals surface area contributed by atoms with Crippen LogP contribution in [0.1, 0.15) is 44.7 Å². The molecule has 0 atom stereocenters. The molecule has 1 heterocycles. The maximum atomic E-state index is 9.53. The smallest absolute Gasteiger partial charge is 0.0613 e. The van der Waals surface area contributed by atoms with Gasteiger partial charge in [0.25, 0.3) is 0 Å². The van der Waals surface area contributed by atoms with Gasteiger partial charge in [0.05, 0.1) is 12.3 Å². The Morgan fingerprint density at radius 2 is 2.24 bits per heavy atom. The second-order valence-electron chi connectivity index (χ2n) is 5.04. The van der Waals surface area contributed by atoms with Gasteiger partial charge in [-0.15, -0.1) is 0 Å². The number of nitrogens with one attached hydrogen (secondary N) is 1. The van der Waals surface area contributed by atoms with Crippen LogP contribution in [0, 0.1) is 0 Å². The number of aliphatic hydroxyl groups is 1. The van der Waals surface area contributed by atoms with Gasteiger partial charge in [-0.25, -0.2) is 0 Å². The van der Waals surface area contributed by atoms with Gasteiger partial charge in [0.1, 0.15) is 0 Å². The summed E-state index contributed by atoms with van der Waals surface area (Å²) in [5.74, 6) is 0. The molecule has 1 fully saturated rings. The third-order valence-corrected chi connectivity index (χ3v) is 3.75. The lowest BCUT2D eigenvalue weighted by Crippen LogP contribution is -2.45. The Balaban J connectivity index is 1.94. The lowest BCUT2D eigenvalue weighted by Gasteiger charge is -2.28.